The van der Waals surface area contributed by atoms with Gasteiger partial charge in [0.25, 0.3) is 5.91 Å². The molecule has 2 aliphatic rings. The van der Waals surface area contributed by atoms with Crippen molar-refractivity contribution in [2.24, 2.45) is 0 Å². The number of carbonyl (C=O) groups excluding carboxylic acids is 2. The highest BCUT2D eigenvalue weighted by atomic mass is 16.2. The molecule has 1 N–H and O–H groups in total. The van der Waals surface area contributed by atoms with Gasteiger partial charge in [-0.2, -0.15) is 0 Å². The van der Waals surface area contributed by atoms with E-state index in [9.17, 15) is 9.59 Å². The number of carbonyl (C=O) groups is 2. The fraction of sp³-hybridized carbons (Fsp3) is 0.545. The van der Waals surface area contributed by atoms with E-state index in [-0.39, 0.29) is 24.0 Å². The smallest absolute Gasteiger partial charge is 0.324 e. The first-order valence-electron chi connectivity index (χ1n) is 10.1. The molecule has 1 aromatic rings. The van der Waals surface area contributed by atoms with Gasteiger partial charge in [0.05, 0.1) is 0 Å². The minimum Gasteiger partial charge on any atom is -0.335 e. The average Bonchev–Trinajstić information content (AvgIpc) is 2.69. The van der Waals surface area contributed by atoms with Crippen LogP contribution in [0, 0.1) is 0 Å². The summed E-state index contributed by atoms with van der Waals surface area (Å²) in [6, 6.07) is 9.79. The molecule has 0 bridgehead atoms. The number of benzene rings is 1. The Morgan fingerprint density at radius 3 is 2.15 bits per heavy atom. The molecule has 0 radical (unpaired) electrons. The maximum absolute atomic E-state index is 12.9. The maximum Gasteiger partial charge on any atom is 0.324 e. The molecule has 2 saturated carbocycles. The SMILES string of the molecule is O=C(/C=C/c1ccccc1)N(C(=O)NC1CCCCC1)C1CCCCC1. The first-order chi connectivity index (χ1) is 12.7. The van der Waals surface area contributed by atoms with Crippen LogP contribution in [0.3, 0.4) is 0 Å². The molecular weight excluding hydrogens is 324 g/mol. The summed E-state index contributed by atoms with van der Waals surface area (Å²) in [5.41, 5.74) is 0.970. The lowest BCUT2D eigenvalue weighted by Crippen LogP contribution is -2.52. The van der Waals surface area contributed by atoms with E-state index in [1.54, 1.807) is 12.2 Å². The second kappa shape index (κ2) is 9.56. The Bertz CT molecular complexity index is 614. The van der Waals surface area contributed by atoms with Gasteiger partial charge >= 0.3 is 6.03 Å². The molecule has 140 valence electrons. The molecule has 3 rings (SSSR count). The number of nitrogens with zero attached hydrogens (tertiary/aromatic N) is 1. The van der Waals surface area contributed by atoms with E-state index >= 15 is 0 Å². The summed E-state index contributed by atoms with van der Waals surface area (Å²) < 4.78 is 0. The van der Waals surface area contributed by atoms with E-state index in [0.29, 0.717) is 0 Å². The molecule has 26 heavy (non-hydrogen) atoms. The molecule has 0 unspecified atom stereocenters. The molecule has 0 heterocycles. The number of rotatable bonds is 4. The first-order valence-corrected chi connectivity index (χ1v) is 10.1. The zero-order valence-electron chi connectivity index (χ0n) is 15.5. The summed E-state index contributed by atoms with van der Waals surface area (Å²) in [5.74, 6) is -0.200. The van der Waals surface area contributed by atoms with Crippen LogP contribution < -0.4 is 5.32 Å². The van der Waals surface area contributed by atoms with E-state index in [1.165, 1.54) is 17.7 Å². The van der Waals surface area contributed by atoms with Crippen LogP contribution in [0.15, 0.2) is 36.4 Å². The first kappa shape index (κ1) is 18.7. The Labute approximate surface area is 156 Å². The van der Waals surface area contributed by atoms with Gasteiger partial charge in [-0.3, -0.25) is 9.69 Å². The summed E-state index contributed by atoms with van der Waals surface area (Å²) >= 11 is 0. The van der Waals surface area contributed by atoms with Gasteiger partial charge in [0, 0.05) is 18.2 Å². The summed E-state index contributed by atoms with van der Waals surface area (Å²) in [6.45, 7) is 0. The van der Waals surface area contributed by atoms with E-state index < -0.39 is 0 Å². The molecular formula is C22H30N2O2. The minimum atomic E-state index is -0.202. The Morgan fingerprint density at radius 2 is 1.50 bits per heavy atom. The highest BCUT2D eigenvalue weighted by molar-refractivity contribution is 6.02. The molecule has 0 saturated heterocycles. The summed E-state index contributed by atoms with van der Waals surface area (Å²) in [7, 11) is 0. The quantitative estimate of drug-likeness (QED) is 0.782. The topological polar surface area (TPSA) is 49.4 Å². The molecule has 0 atom stereocenters. The van der Waals surface area contributed by atoms with Crippen LogP contribution in [-0.2, 0) is 4.79 Å². The van der Waals surface area contributed by atoms with Gasteiger partial charge in [-0.1, -0.05) is 68.9 Å². The third-order valence-electron chi connectivity index (χ3n) is 5.55. The van der Waals surface area contributed by atoms with Crippen LogP contribution in [-0.4, -0.2) is 28.9 Å². The predicted molar refractivity (Wildman–Crippen MR) is 105 cm³/mol. The van der Waals surface area contributed by atoms with Gasteiger partial charge in [-0.05, 0) is 37.3 Å². The van der Waals surface area contributed by atoms with Crippen LogP contribution in [0.1, 0.15) is 69.8 Å². The standard InChI is InChI=1S/C22H30N2O2/c25-21(17-16-18-10-4-1-5-11-18)24(20-14-8-3-9-15-20)22(26)23-19-12-6-2-7-13-19/h1,4-5,10-11,16-17,19-20H,2-3,6-9,12-15H2,(H,23,26)/b17-16+. The van der Waals surface area contributed by atoms with Gasteiger partial charge in [0.2, 0.25) is 0 Å². The van der Waals surface area contributed by atoms with Crippen molar-refractivity contribution in [3.63, 3.8) is 0 Å². The molecule has 2 aliphatic carbocycles. The molecule has 2 fully saturated rings. The largest absolute Gasteiger partial charge is 0.335 e. The van der Waals surface area contributed by atoms with E-state index in [1.807, 2.05) is 30.3 Å². The van der Waals surface area contributed by atoms with Crippen molar-refractivity contribution in [1.29, 1.82) is 0 Å². The third-order valence-corrected chi connectivity index (χ3v) is 5.55. The van der Waals surface area contributed by atoms with Crippen molar-refractivity contribution in [1.82, 2.24) is 10.2 Å². The number of imide groups is 1. The molecule has 0 aromatic heterocycles. The Hall–Kier alpha value is -2.10. The lowest BCUT2D eigenvalue weighted by atomic mass is 9.93. The van der Waals surface area contributed by atoms with Crippen molar-refractivity contribution in [3.8, 4) is 0 Å². The maximum atomic E-state index is 12.9. The minimum absolute atomic E-state index is 0.0280. The second-order valence-corrected chi connectivity index (χ2v) is 7.53. The zero-order chi connectivity index (χ0) is 18.2. The van der Waals surface area contributed by atoms with Crippen molar-refractivity contribution in [2.45, 2.75) is 76.3 Å². The van der Waals surface area contributed by atoms with Crippen molar-refractivity contribution in [2.75, 3.05) is 0 Å². The highest BCUT2D eigenvalue weighted by Crippen LogP contribution is 2.24. The van der Waals surface area contributed by atoms with Crippen LogP contribution in [0.25, 0.3) is 6.08 Å². The van der Waals surface area contributed by atoms with Gasteiger partial charge in [-0.15, -0.1) is 0 Å². The summed E-state index contributed by atoms with van der Waals surface area (Å²) in [4.78, 5) is 27.3. The van der Waals surface area contributed by atoms with Crippen LogP contribution in [0.4, 0.5) is 4.79 Å². The lowest BCUT2D eigenvalue weighted by molar-refractivity contribution is -0.125. The normalized spacial score (nSPS) is 19.4. The summed E-state index contributed by atoms with van der Waals surface area (Å²) in [6.07, 6.45) is 14.2. The summed E-state index contributed by atoms with van der Waals surface area (Å²) in [5, 5.41) is 3.13. The fourth-order valence-electron chi connectivity index (χ4n) is 4.09. The highest BCUT2D eigenvalue weighted by Gasteiger charge is 2.31. The molecule has 4 nitrogen and oxygen atoms in total. The Balaban J connectivity index is 1.70. The molecule has 0 spiro atoms. The Morgan fingerprint density at radius 1 is 0.885 bits per heavy atom. The van der Waals surface area contributed by atoms with Gasteiger partial charge in [0.1, 0.15) is 0 Å². The molecule has 0 aliphatic heterocycles. The monoisotopic (exact) mass is 354 g/mol. The number of hydrogen-bond acceptors (Lipinski definition) is 2. The van der Waals surface area contributed by atoms with Crippen LogP contribution in [0.2, 0.25) is 0 Å². The van der Waals surface area contributed by atoms with E-state index in [4.69, 9.17) is 0 Å². The predicted octanol–water partition coefficient (Wildman–Crippen LogP) is 4.90. The van der Waals surface area contributed by atoms with Crippen LogP contribution >= 0.6 is 0 Å². The van der Waals surface area contributed by atoms with E-state index in [2.05, 4.69) is 5.32 Å². The van der Waals surface area contributed by atoms with Gasteiger partial charge < -0.3 is 5.32 Å². The van der Waals surface area contributed by atoms with Crippen molar-refractivity contribution in [3.05, 3.63) is 42.0 Å². The van der Waals surface area contributed by atoms with Gasteiger partial charge in [0.15, 0.2) is 0 Å². The third kappa shape index (κ3) is 5.20. The zero-order valence-corrected chi connectivity index (χ0v) is 15.5. The Kier molecular flexibility index (Phi) is 6.87. The van der Waals surface area contributed by atoms with Gasteiger partial charge in [-0.25, -0.2) is 4.79 Å². The number of urea groups is 1. The number of nitrogens with one attached hydrogen (secondary N) is 1. The lowest BCUT2D eigenvalue weighted by Gasteiger charge is -2.34. The molecule has 3 amide bonds. The average molecular weight is 354 g/mol. The van der Waals surface area contributed by atoms with Crippen molar-refractivity contribution < 1.29 is 9.59 Å². The fourth-order valence-corrected chi connectivity index (χ4v) is 4.09. The second-order valence-electron chi connectivity index (χ2n) is 7.53. The number of amides is 3. The van der Waals surface area contributed by atoms with Crippen molar-refractivity contribution >= 4 is 18.0 Å². The molecule has 4 heteroatoms. The van der Waals surface area contributed by atoms with Crippen LogP contribution in [0.5, 0.6) is 0 Å². The molecule has 1 aromatic carbocycles. The number of hydrogen-bond donors (Lipinski definition) is 1. The van der Waals surface area contributed by atoms with E-state index in [0.717, 1.165) is 56.9 Å².